The number of rotatable bonds is 3. The summed E-state index contributed by atoms with van der Waals surface area (Å²) in [5, 5.41) is 3.47. The van der Waals surface area contributed by atoms with Crippen molar-refractivity contribution in [1.82, 2.24) is 0 Å². The third-order valence-electron chi connectivity index (χ3n) is 2.92. The second-order valence-electron chi connectivity index (χ2n) is 4.37. The average molecular weight is 285 g/mol. The number of carbonyl (C=O) groups is 1. The van der Waals surface area contributed by atoms with E-state index in [-0.39, 0.29) is 5.91 Å². The van der Waals surface area contributed by atoms with E-state index in [4.69, 9.17) is 28.9 Å². The minimum Gasteiger partial charge on any atom is -0.396 e. The number of allylic oxidation sites excluding steroid dienone is 2. The highest BCUT2D eigenvalue weighted by atomic mass is 35.5. The smallest absolute Gasteiger partial charge is 0.224 e. The molecule has 0 saturated heterocycles. The molecule has 3 nitrogen and oxygen atoms in total. The molecule has 0 aromatic heterocycles. The molecule has 96 valence electrons. The second-order valence-corrected chi connectivity index (χ2v) is 5.19. The maximum absolute atomic E-state index is 11.8. The van der Waals surface area contributed by atoms with E-state index >= 15 is 0 Å². The van der Waals surface area contributed by atoms with Crippen LogP contribution in [0.4, 0.5) is 11.4 Å². The molecule has 0 saturated carbocycles. The first kappa shape index (κ1) is 13.2. The first-order valence-corrected chi connectivity index (χ1v) is 6.53. The Labute approximate surface area is 116 Å². The maximum atomic E-state index is 11.8. The Hall–Kier alpha value is -1.19. The van der Waals surface area contributed by atoms with Crippen molar-refractivity contribution >= 4 is 40.5 Å². The van der Waals surface area contributed by atoms with Crippen molar-refractivity contribution < 1.29 is 4.79 Å². The van der Waals surface area contributed by atoms with Crippen molar-refractivity contribution in [2.24, 2.45) is 5.92 Å². The zero-order valence-electron chi connectivity index (χ0n) is 9.75. The lowest BCUT2D eigenvalue weighted by Crippen LogP contribution is -2.14. The molecule has 18 heavy (non-hydrogen) atoms. The summed E-state index contributed by atoms with van der Waals surface area (Å²) in [5.74, 6) is 0.299. The number of nitrogens with one attached hydrogen (secondary N) is 1. The van der Waals surface area contributed by atoms with Crippen LogP contribution in [0.25, 0.3) is 0 Å². The molecule has 0 aliphatic heterocycles. The minimum absolute atomic E-state index is 0.0385. The number of nitrogen functional groups attached to an aromatic ring is 1. The molecule has 0 bridgehead atoms. The fraction of sp³-hybridized carbons (Fsp3) is 0.308. The highest BCUT2D eigenvalue weighted by molar-refractivity contribution is 6.39. The van der Waals surface area contributed by atoms with Gasteiger partial charge in [0.05, 0.1) is 15.7 Å². The highest BCUT2D eigenvalue weighted by Gasteiger charge is 2.14. The van der Waals surface area contributed by atoms with E-state index in [0.717, 1.165) is 12.8 Å². The molecule has 1 aromatic rings. The van der Waals surface area contributed by atoms with Crippen LogP contribution in [0.2, 0.25) is 10.0 Å². The number of hydrogen-bond acceptors (Lipinski definition) is 2. The van der Waals surface area contributed by atoms with Crippen molar-refractivity contribution in [3.8, 4) is 0 Å². The lowest BCUT2D eigenvalue weighted by atomic mass is 10.1. The quantitative estimate of drug-likeness (QED) is 0.654. The van der Waals surface area contributed by atoms with Gasteiger partial charge >= 0.3 is 0 Å². The van der Waals surface area contributed by atoms with Gasteiger partial charge in [0.2, 0.25) is 5.91 Å². The minimum atomic E-state index is -0.0385. The SMILES string of the molecule is Nc1c(Cl)cc(NC(=O)CC2C=CCC2)cc1Cl. The first-order valence-electron chi connectivity index (χ1n) is 5.77. The Balaban J connectivity index is 2.00. The molecule has 1 unspecified atom stereocenters. The van der Waals surface area contributed by atoms with Crippen LogP contribution in [0.3, 0.4) is 0 Å². The fourth-order valence-electron chi connectivity index (χ4n) is 1.97. The second kappa shape index (κ2) is 5.63. The van der Waals surface area contributed by atoms with Gasteiger partial charge in [-0.25, -0.2) is 0 Å². The fourth-order valence-corrected chi connectivity index (χ4v) is 2.46. The predicted molar refractivity (Wildman–Crippen MR) is 76.0 cm³/mol. The molecule has 0 heterocycles. The van der Waals surface area contributed by atoms with E-state index in [9.17, 15) is 4.79 Å². The van der Waals surface area contributed by atoms with Crippen molar-refractivity contribution in [2.75, 3.05) is 11.1 Å². The molecule has 5 heteroatoms. The summed E-state index contributed by atoms with van der Waals surface area (Å²) >= 11 is 11.8. The van der Waals surface area contributed by atoms with Crippen LogP contribution in [0.1, 0.15) is 19.3 Å². The number of benzene rings is 1. The topological polar surface area (TPSA) is 55.1 Å². The van der Waals surface area contributed by atoms with E-state index in [1.54, 1.807) is 12.1 Å². The summed E-state index contributed by atoms with van der Waals surface area (Å²) in [6.07, 6.45) is 6.77. The maximum Gasteiger partial charge on any atom is 0.224 e. The van der Waals surface area contributed by atoms with Crippen molar-refractivity contribution in [3.63, 3.8) is 0 Å². The third-order valence-corrected chi connectivity index (χ3v) is 3.55. The Morgan fingerprint density at radius 1 is 1.39 bits per heavy atom. The zero-order chi connectivity index (χ0) is 13.1. The van der Waals surface area contributed by atoms with Gasteiger partial charge in [-0.1, -0.05) is 35.4 Å². The number of carbonyl (C=O) groups excluding carboxylic acids is 1. The van der Waals surface area contributed by atoms with E-state index in [1.807, 2.05) is 0 Å². The lowest BCUT2D eigenvalue weighted by Gasteiger charge is -2.10. The van der Waals surface area contributed by atoms with Crippen LogP contribution in [0, 0.1) is 5.92 Å². The van der Waals surface area contributed by atoms with Crippen LogP contribution in [0.5, 0.6) is 0 Å². The van der Waals surface area contributed by atoms with Gasteiger partial charge < -0.3 is 11.1 Å². The molecule has 1 aromatic carbocycles. The average Bonchev–Trinajstić information content (AvgIpc) is 2.78. The number of hydrogen-bond donors (Lipinski definition) is 2. The highest BCUT2D eigenvalue weighted by Crippen LogP contribution is 2.31. The monoisotopic (exact) mass is 284 g/mol. The van der Waals surface area contributed by atoms with E-state index in [1.165, 1.54) is 0 Å². The Morgan fingerprint density at radius 3 is 2.61 bits per heavy atom. The van der Waals surface area contributed by atoms with Crippen molar-refractivity contribution in [3.05, 3.63) is 34.3 Å². The normalized spacial score (nSPS) is 18.0. The predicted octanol–water partition coefficient (Wildman–Crippen LogP) is 3.87. The van der Waals surface area contributed by atoms with E-state index < -0.39 is 0 Å². The van der Waals surface area contributed by atoms with Gasteiger partial charge in [-0.05, 0) is 30.9 Å². The summed E-state index contributed by atoms with van der Waals surface area (Å²) in [4.78, 5) is 11.8. The number of amides is 1. The summed E-state index contributed by atoms with van der Waals surface area (Å²) in [5.41, 5.74) is 6.53. The molecular formula is C13H14Cl2N2O. The molecule has 1 atom stereocenters. The van der Waals surface area contributed by atoms with Gasteiger partial charge in [-0.2, -0.15) is 0 Å². The molecule has 1 aliphatic carbocycles. The number of nitrogens with two attached hydrogens (primary N) is 1. The number of halogens is 2. The van der Waals surface area contributed by atoms with E-state index in [0.29, 0.717) is 33.8 Å². The first-order chi connectivity index (χ1) is 8.56. The summed E-state index contributed by atoms with van der Waals surface area (Å²) in [7, 11) is 0. The van der Waals surface area contributed by atoms with Gasteiger partial charge in [0, 0.05) is 12.1 Å². The van der Waals surface area contributed by atoms with Gasteiger partial charge in [-0.3, -0.25) is 4.79 Å². The van der Waals surface area contributed by atoms with Crippen LogP contribution >= 0.6 is 23.2 Å². The molecule has 0 spiro atoms. The van der Waals surface area contributed by atoms with Gasteiger partial charge in [0.15, 0.2) is 0 Å². The molecule has 0 fully saturated rings. The molecule has 1 aliphatic rings. The molecule has 0 radical (unpaired) electrons. The Morgan fingerprint density at radius 2 is 2.06 bits per heavy atom. The van der Waals surface area contributed by atoms with Gasteiger partial charge in [-0.15, -0.1) is 0 Å². The van der Waals surface area contributed by atoms with Crippen LogP contribution in [-0.4, -0.2) is 5.91 Å². The summed E-state index contributed by atoms with van der Waals surface area (Å²) in [6.45, 7) is 0. The number of anilines is 2. The van der Waals surface area contributed by atoms with Crippen LogP contribution in [0.15, 0.2) is 24.3 Å². The third kappa shape index (κ3) is 3.18. The zero-order valence-corrected chi connectivity index (χ0v) is 11.3. The largest absolute Gasteiger partial charge is 0.396 e. The Bertz CT molecular complexity index is 477. The van der Waals surface area contributed by atoms with E-state index in [2.05, 4.69) is 17.5 Å². The molecular weight excluding hydrogens is 271 g/mol. The summed E-state index contributed by atoms with van der Waals surface area (Å²) < 4.78 is 0. The lowest BCUT2D eigenvalue weighted by molar-refractivity contribution is -0.116. The molecule has 1 amide bonds. The Kier molecular flexibility index (Phi) is 4.15. The molecule has 3 N–H and O–H groups in total. The standard InChI is InChI=1S/C13H14Cl2N2O/c14-10-6-9(7-11(15)13(10)16)17-12(18)5-8-3-1-2-4-8/h1,3,6-8H,2,4-5,16H2,(H,17,18). The van der Waals surface area contributed by atoms with Gasteiger partial charge in [0.1, 0.15) is 0 Å². The van der Waals surface area contributed by atoms with Gasteiger partial charge in [0.25, 0.3) is 0 Å². The summed E-state index contributed by atoms with van der Waals surface area (Å²) in [6, 6.07) is 3.20. The van der Waals surface area contributed by atoms with Crippen LogP contribution < -0.4 is 11.1 Å². The molecule has 2 rings (SSSR count). The van der Waals surface area contributed by atoms with Crippen molar-refractivity contribution in [1.29, 1.82) is 0 Å². The van der Waals surface area contributed by atoms with Crippen LogP contribution in [-0.2, 0) is 4.79 Å². The van der Waals surface area contributed by atoms with Crippen molar-refractivity contribution in [2.45, 2.75) is 19.3 Å².